The second kappa shape index (κ2) is 7.19. The molecule has 1 aromatic carbocycles. The van der Waals surface area contributed by atoms with Crippen LogP contribution in [0.15, 0.2) is 18.2 Å². The lowest BCUT2D eigenvalue weighted by atomic mass is 10.1. The zero-order valence-corrected chi connectivity index (χ0v) is 14.4. The number of carbonyl (C=O) groups is 2. The number of hydrogen-bond acceptors (Lipinski definition) is 5. The first-order chi connectivity index (χ1) is 11.2. The molecule has 3 N–H and O–H groups in total. The van der Waals surface area contributed by atoms with E-state index in [1.54, 1.807) is 26.0 Å². The topological polar surface area (TPSA) is 96.9 Å². The van der Waals surface area contributed by atoms with Gasteiger partial charge in [-0.25, -0.2) is 0 Å². The lowest BCUT2D eigenvalue weighted by Gasteiger charge is -2.18. The standard InChI is InChI=1S/C17H24N2O5/c1-10-5-6-12(7-14(10)20)16(22)19-11(2)15(21)18-8-13-9-23-17(3,4)24-13/h5-7,11,13,20H,8-9H2,1-4H3,(H,18,21)(H,19,22)/t11?,13-/m1/s1. The van der Waals surface area contributed by atoms with Crippen LogP contribution in [0.1, 0.15) is 36.7 Å². The number of phenolic OH excluding ortho intramolecular Hbond substituents is 1. The van der Waals surface area contributed by atoms with E-state index < -0.39 is 17.7 Å². The van der Waals surface area contributed by atoms with Gasteiger partial charge in [0.2, 0.25) is 5.91 Å². The number of nitrogens with one attached hydrogen (secondary N) is 2. The van der Waals surface area contributed by atoms with Crippen LogP contribution in [0.25, 0.3) is 0 Å². The molecule has 1 aromatic rings. The molecule has 1 aliphatic heterocycles. The van der Waals surface area contributed by atoms with Crippen LogP contribution in [0.4, 0.5) is 0 Å². The maximum atomic E-state index is 12.1. The Morgan fingerprint density at radius 1 is 1.42 bits per heavy atom. The molecule has 1 saturated heterocycles. The molecule has 0 aromatic heterocycles. The number of rotatable bonds is 5. The Morgan fingerprint density at radius 3 is 2.71 bits per heavy atom. The van der Waals surface area contributed by atoms with Crippen molar-refractivity contribution in [1.29, 1.82) is 0 Å². The Labute approximate surface area is 141 Å². The summed E-state index contributed by atoms with van der Waals surface area (Å²) in [6.07, 6.45) is -0.208. The molecule has 0 spiro atoms. The summed E-state index contributed by atoms with van der Waals surface area (Å²) in [5, 5.41) is 15.0. The molecule has 1 unspecified atom stereocenters. The molecule has 0 aliphatic carbocycles. The molecule has 1 fully saturated rings. The van der Waals surface area contributed by atoms with Gasteiger partial charge in [0.15, 0.2) is 5.79 Å². The van der Waals surface area contributed by atoms with E-state index in [0.717, 1.165) is 0 Å². The lowest BCUT2D eigenvalue weighted by Crippen LogP contribution is -2.47. The Kier molecular flexibility index (Phi) is 5.46. The highest BCUT2D eigenvalue weighted by Crippen LogP contribution is 2.21. The van der Waals surface area contributed by atoms with Crippen LogP contribution < -0.4 is 10.6 Å². The highest BCUT2D eigenvalue weighted by atomic mass is 16.7. The molecule has 0 radical (unpaired) electrons. The summed E-state index contributed by atoms with van der Waals surface area (Å²) in [7, 11) is 0. The molecule has 1 heterocycles. The number of ether oxygens (including phenoxy) is 2. The molecule has 132 valence electrons. The van der Waals surface area contributed by atoms with Crippen LogP contribution in [0.2, 0.25) is 0 Å². The summed E-state index contributed by atoms with van der Waals surface area (Å²) in [4.78, 5) is 24.2. The highest BCUT2D eigenvalue weighted by Gasteiger charge is 2.32. The third kappa shape index (κ3) is 4.69. The van der Waals surface area contributed by atoms with Crippen LogP contribution in [0, 0.1) is 6.92 Å². The molecule has 2 rings (SSSR count). The smallest absolute Gasteiger partial charge is 0.252 e. The Balaban J connectivity index is 1.82. The number of phenols is 1. The Bertz CT molecular complexity index is 629. The Hall–Kier alpha value is -2.12. The first kappa shape index (κ1) is 18.2. The van der Waals surface area contributed by atoms with Crippen LogP contribution in [-0.4, -0.2) is 48.0 Å². The number of aromatic hydroxyl groups is 1. The second-order valence-corrected chi connectivity index (χ2v) is 6.39. The lowest BCUT2D eigenvalue weighted by molar-refractivity contribution is -0.139. The summed E-state index contributed by atoms with van der Waals surface area (Å²) in [5.41, 5.74) is 0.978. The van der Waals surface area contributed by atoms with Crippen LogP contribution in [0.3, 0.4) is 0 Å². The molecule has 7 heteroatoms. The molecule has 1 aliphatic rings. The van der Waals surface area contributed by atoms with Gasteiger partial charge >= 0.3 is 0 Å². The average Bonchev–Trinajstić information content (AvgIpc) is 2.86. The summed E-state index contributed by atoms with van der Waals surface area (Å²) in [6.45, 7) is 7.69. The first-order valence-corrected chi connectivity index (χ1v) is 7.88. The number of benzene rings is 1. The first-order valence-electron chi connectivity index (χ1n) is 7.88. The van der Waals surface area contributed by atoms with E-state index in [9.17, 15) is 14.7 Å². The molecule has 24 heavy (non-hydrogen) atoms. The predicted octanol–water partition coefficient (Wildman–Crippen LogP) is 1.09. The van der Waals surface area contributed by atoms with Crippen molar-refractivity contribution in [3.8, 4) is 5.75 Å². The van der Waals surface area contributed by atoms with Crippen molar-refractivity contribution in [2.24, 2.45) is 0 Å². The molecule has 0 bridgehead atoms. The van der Waals surface area contributed by atoms with E-state index in [2.05, 4.69) is 10.6 Å². The van der Waals surface area contributed by atoms with Crippen molar-refractivity contribution in [1.82, 2.24) is 10.6 Å². The van der Waals surface area contributed by atoms with Gasteiger partial charge in [-0.1, -0.05) is 6.07 Å². The van der Waals surface area contributed by atoms with E-state index in [1.165, 1.54) is 6.07 Å². The number of amides is 2. The van der Waals surface area contributed by atoms with Crippen molar-refractivity contribution in [3.63, 3.8) is 0 Å². The summed E-state index contributed by atoms with van der Waals surface area (Å²) >= 11 is 0. The fourth-order valence-corrected chi connectivity index (χ4v) is 2.33. The van der Waals surface area contributed by atoms with E-state index in [4.69, 9.17) is 9.47 Å². The van der Waals surface area contributed by atoms with Crippen LogP contribution in [0.5, 0.6) is 5.75 Å². The monoisotopic (exact) mass is 336 g/mol. The van der Waals surface area contributed by atoms with Gasteiger partial charge in [0.05, 0.1) is 6.61 Å². The fourth-order valence-electron chi connectivity index (χ4n) is 2.33. The van der Waals surface area contributed by atoms with E-state index in [0.29, 0.717) is 24.3 Å². The normalized spacial score (nSPS) is 20.4. The van der Waals surface area contributed by atoms with Gasteiger partial charge in [-0.05, 0) is 45.4 Å². The molecule has 2 atom stereocenters. The van der Waals surface area contributed by atoms with E-state index in [-0.39, 0.29) is 17.8 Å². The SMILES string of the molecule is Cc1ccc(C(=O)NC(C)C(=O)NC[C@@H]2COC(C)(C)O2)cc1O. The van der Waals surface area contributed by atoms with Gasteiger partial charge in [0.1, 0.15) is 17.9 Å². The molecular weight excluding hydrogens is 312 g/mol. The maximum Gasteiger partial charge on any atom is 0.252 e. The molecule has 7 nitrogen and oxygen atoms in total. The van der Waals surface area contributed by atoms with Crippen molar-refractivity contribution in [3.05, 3.63) is 29.3 Å². The van der Waals surface area contributed by atoms with Crippen molar-refractivity contribution in [2.75, 3.05) is 13.2 Å². The van der Waals surface area contributed by atoms with Crippen molar-refractivity contribution < 1.29 is 24.2 Å². The molecular formula is C17H24N2O5. The molecule has 0 saturated carbocycles. The third-order valence-electron chi connectivity index (χ3n) is 3.78. The fraction of sp³-hybridized carbons (Fsp3) is 0.529. The number of hydrogen-bond donors (Lipinski definition) is 3. The summed E-state index contributed by atoms with van der Waals surface area (Å²) < 4.78 is 11.0. The average molecular weight is 336 g/mol. The number of carbonyl (C=O) groups excluding carboxylic acids is 2. The summed E-state index contributed by atoms with van der Waals surface area (Å²) in [5.74, 6) is -1.33. The van der Waals surface area contributed by atoms with E-state index in [1.807, 2.05) is 13.8 Å². The van der Waals surface area contributed by atoms with Gasteiger partial charge in [0, 0.05) is 12.1 Å². The zero-order chi connectivity index (χ0) is 17.9. The van der Waals surface area contributed by atoms with Crippen molar-refractivity contribution in [2.45, 2.75) is 45.6 Å². The van der Waals surface area contributed by atoms with Crippen LogP contribution in [-0.2, 0) is 14.3 Å². The largest absolute Gasteiger partial charge is 0.508 e. The predicted molar refractivity (Wildman–Crippen MR) is 87.7 cm³/mol. The maximum absolute atomic E-state index is 12.1. The van der Waals surface area contributed by atoms with Gasteiger partial charge in [-0.2, -0.15) is 0 Å². The number of aryl methyl sites for hydroxylation is 1. The summed E-state index contributed by atoms with van der Waals surface area (Å²) in [6, 6.07) is 3.91. The minimum absolute atomic E-state index is 0.0424. The van der Waals surface area contributed by atoms with Gasteiger partial charge in [0.25, 0.3) is 5.91 Å². The highest BCUT2D eigenvalue weighted by molar-refractivity contribution is 5.97. The van der Waals surface area contributed by atoms with Crippen LogP contribution >= 0.6 is 0 Å². The van der Waals surface area contributed by atoms with Gasteiger partial charge in [-0.3, -0.25) is 9.59 Å². The van der Waals surface area contributed by atoms with E-state index >= 15 is 0 Å². The second-order valence-electron chi connectivity index (χ2n) is 6.39. The quantitative estimate of drug-likeness (QED) is 0.748. The van der Waals surface area contributed by atoms with Crippen molar-refractivity contribution >= 4 is 11.8 Å². The minimum atomic E-state index is -0.712. The van der Waals surface area contributed by atoms with Gasteiger partial charge < -0.3 is 25.2 Å². The molecule has 2 amide bonds. The van der Waals surface area contributed by atoms with Gasteiger partial charge in [-0.15, -0.1) is 0 Å². The third-order valence-corrected chi connectivity index (χ3v) is 3.78. The minimum Gasteiger partial charge on any atom is -0.508 e. The Morgan fingerprint density at radius 2 is 2.12 bits per heavy atom. The zero-order valence-electron chi connectivity index (χ0n) is 14.4.